The van der Waals surface area contributed by atoms with Crippen molar-refractivity contribution in [2.24, 2.45) is 0 Å². The number of thioether (sulfide) groups is 1. The smallest absolute Gasteiger partial charge is 0.234 e. The van der Waals surface area contributed by atoms with Gasteiger partial charge in [0.05, 0.1) is 11.3 Å². The number of aromatic nitrogens is 3. The Balaban J connectivity index is 1.61. The molecule has 0 saturated heterocycles. The van der Waals surface area contributed by atoms with Crippen LogP contribution in [0, 0.1) is 27.7 Å². The summed E-state index contributed by atoms with van der Waals surface area (Å²) in [6, 6.07) is 14.4. The van der Waals surface area contributed by atoms with Crippen LogP contribution in [0.25, 0.3) is 16.6 Å². The lowest BCUT2D eigenvalue weighted by Gasteiger charge is -2.10. The van der Waals surface area contributed by atoms with E-state index in [2.05, 4.69) is 46.7 Å². The summed E-state index contributed by atoms with van der Waals surface area (Å²) >= 11 is 1.40. The van der Waals surface area contributed by atoms with Gasteiger partial charge < -0.3 is 5.32 Å². The quantitative estimate of drug-likeness (QED) is 0.506. The zero-order chi connectivity index (χ0) is 19.8. The van der Waals surface area contributed by atoms with Crippen LogP contribution in [0.2, 0.25) is 0 Å². The Kier molecular flexibility index (Phi) is 4.81. The first-order chi connectivity index (χ1) is 13.4. The third kappa shape index (κ3) is 3.36. The van der Waals surface area contributed by atoms with Crippen molar-refractivity contribution < 1.29 is 4.79 Å². The molecule has 0 unspecified atom stereocenters. The Bertz CT molecular complexity index is 1210. The van der Waals surface area contributed by atoms with Crippen LogP contribution in [0.1, 0.15) is 22.3 Å². The summed E-state index contributed by atoms with van der Waals surface area (Å²) in [5.41, 5.74) is 7.23. The van der Waals surface area contributed by atoms with Crippen LogP contribution in [-0.4, -0.2) is 26.3 Å². The van der Waals surface area contributed by atoms with E-state index in [1.807, 2.05) is 43.4 Å². The fourth-order valence-corrected chi connectivity index (χ4v) is 4.05. The number of amides is 1. The average molecular weight is 391 g/mol. The third-order valence-corrected chi connectivity index (χ3v) is 5.92. The number of fused-ring (bicyclic) bond motifs is 3. The molecule has 0 atom stereocenters. The first kappa shape index (κ1) is 18.5. The Morgan fingerprint density at radius 3 is 2.68 bits per heavy atom. The number of aryl methyl sites for hydroxylation is 3. The van der Waals surface area contributed by atoms with Gasteiger partial charge in [0.2, 0.25) is 5.91 Å². The van der Waals surface area contributed by atoms with E-state index in [0.717, 1.165) is 44.1 Å². The Morgan fingerprint density at radius 1 is 1.04 bits per heavy atom. The van der Waals surface area contributed by atoms with Crippen LogP contribution < -0.4 is 5.32 Å². The largest absolute Gasteiger partial charge is 0.325 e. The minimum absolute atomic E-state index is 0.0522. The number of rotatable bonds is 4. The Hall–Kier alpha value is -2.86. The average Bonchev–Trinajstić information content (AvgIpc) is 3.10. The molecule has 6 heteroatoms. The highest BCUT2D eigenvalue weighted by Crippen LogP contribution is 2.26. The number of hydrogen-bond donors (Lipinski definition) is 1. The molecule has 0 aliphatic heterocycles. The summed E-state index contributed by atoms with van der Waals surface area (Å²) in [7, 11) is 0. The number of carbonyl (C=O) groups is 1. The standard InChI is InChI=1S/C22H22N4OS/c1-13-8-9-17-11-15(3)21-24-25-22(26(21)19(17)10-13)28-12-20(27)23-18-7-5-6-14(2)16(18)4/h5-11H,12H2,1-4H3,(H,23,27). The van der Waals surface area contributed by atoms with E-state index in [9.17, 15) is 4.79 Å². The second-order valence-electron chi connectivity index (χ2n) is 7.12. The number of anilines is 1. The van der Waals surface area contributed by atoms with E-state index >= 15 is 0 Å². The molecule has 0 aliphatic carbocycles. The van der Waals surface area contributed by atoms with Crippen LogP contribution in [0.4, 0.5) is 5.69 Å². The third-order valence-electron chi connectivity index (χ3n) is 5.00. The molecule has 0 radical (unpaired) electrons. The molecule has 2 heterocycles. The van der Waals surface area contributed by atoms with Crippen LogP contribution in [0.3, 0.4) is 0 Å². The normalized spacial score (nSPS) is 11.3. The maximum atomic E-state index is 12.5. The minimum Gasteiger partial charge on any atom is -0.325 e. The van der Waals surface area contributed by atoms with Gasteiger partial charge in [0.25, 0.3) is 0 Å². The highest BCUT2D eigenvalue weighted by Gasteiger charge is 2.14. The number of pyridine rings is 1. The van der Waals surface area contributed by atoms with Crippen molar-refractivity contribution in [1.29, 1.82) is 0 Å². The van der Waals surface area contributed by atoms with E-state index in [1.54, 1.807) is 0 Å². The van der Waals surface area contributed by atoms with Crippen molar-refractivity contribution >= 4 is 39.9 Å². The number of benzene rings is 2. The number of hydrogen-bond acceptors (Lipinski definition) is 4. The molecule has 4 rings (SSSR count). The predicted molar refractivity (Wildman–Crippen MR) is 115 cm³/mol. The summed E-state index contributed by atoms with van der Waals surface area (Å²) in [6.45, 7) is 8.16. The molecule has 2 aromatic carbocycles. The van der Waals surface area contributed by atoms with Gasteiger partial charge in [-0.25, -0.2) is 0 Å². The summed E-state index contributed by atoms with van der Waals surface area (Å²) in [4.78, 5) is 12.5. The summed E-state index contributed by atoms with van der Waals surface area (Å²) in [6.07, 6.45) is 0. The van der Waals surface area contributed by atoms with E-state index in [1.165, 1.54) is 17.3 Å². The summed E-state index contributed by atoms with van der Waals surface area (Å²) in [5, 5.41) is 13.6. The maximum Gasteiger partial charge on any atom is 0.234 e. The molecule has 1 N–H and O–H groups in total. The van der Waals surface area contributed by atoms with E-state index in [-0.39, 0.29) is 11.7 Å². The SMILES string of the molecule is Cc1ccc2cc(C)c3nnc(SCC(=O)Nc4cccc(C)c4C)n3c2c1. The van der Waals surface area contributed by atoms with Crippen molar-refractivity contribution in [3.63, 3.8) is 0 Å². The minimum atomic E-state index is -0.0522. The molecule has 1 amide bonds. The molecule has 5 nitrogen and oxygen atoms in total. The lowest BCUT2D eigenvalue weighted by atomic mass is 10.1. The predicted octanol–water partition coefficient (Wildman–Crippen LogP) is 4.85. The summed E-state index contributed by atoms with van der Waals surface area (Å²) < 4.78 is 2.05. The van der Waals surface area contributed by atoms with Gasteiger partial charge in [-0.3, -0.25) is 9.20 Å². The fourth-order valence-electron chi connectivity index (χ4n) is 3.31. The Morgan fingerprint density at radius 2 is 1.86 bits per heavy atom. The van der Waals surface area contributed by atoms with E-state index in [4.69, 9.17) is 0 Å². The Labute approximate surface area is 168 Å². The summed E-state index contributed by atoms with van der Waals surface area (Å²) in [5.74, 6) is 0.221. The van der Waals surface area contributed by atoms with Gasteiger partial charge >= 0.3 is 0 Å². The first-order valence-electron chi connectivity index (χ1n) is 9.18. The molecular weight excluding hydrogens is 368 g/mol. The van der Waals surface area contributed by atoms with Gasteiger partial charge in [0.15, 0.2) is 10.8 Å². The molecule has 2 aromatic heterocycles. The monoisotopic (exact) mass is 390 g/mol. The molecule has 4 aromatic rings. The van der Waals surface area contributed by atoms with Crippen molar-refractivity contribution in [3.8, 4) is 0 Å². The van der Waals surface area contributed by atoms with Crippen LogP contribution in [0.15, 0.2) is 47.6 Å². The highest BCUT2D eigenvalue weighted by atomic mass is 32.2. The lowest BCUT2D eigenvalue weighted by molar-refractivity contribution is -0.113. The van der Waals surface area contributed by atoms with Gasteiger partial charge in [0.1, 0.15) is 0 Å². The fraction of sp³-hybridized carbons (Fsp3) is 0.227. The van der Waals surface area contributed by atoms with Gasteiger partial charge in [-0.1, -0.05) is 36.0 Å². The molecular formula is C22H22N4OS. The van der Waals surface area contributed by atoms with Crippen LogP contribution in [-0.2, 0) is 4.79 Å². The van der Waals surface area contributed by atoms with Crippen LogP contribution in [0.5, 0.6) is 0 Å². The topological polar surface area (TPSA) is 59.3 Å². The molecule has 28 heavy (non-hydrogen) atoms. The number of nitrogens with one attached hydrogen (secondary N) is 1. The molecule has 0 bridgehead atoms. The number of carbonyl (C=O) groups excluding carboxylic acids is 1. The second kappa shape index (κ2) is 7.28. The van der Waals surface area contributed by atoms with Crippen molar-refractivity contribution in [1.82, 2.24) is 14.6 Å². The molecule has 0 spiro atoms. The first-order valence-corrected chi connectivity index (χ1v) is 10.2. The lowest BCUT2D eigenvalue weighted by Crippen LogP contribution is -2.15. The van der Waals surface area contributed by atoms with Gasteiger partial charge in [-0.15, -0.1) is 10.2 Å². The van der Waals surface area contributed by atoms with E-state index < -0.39 is 0 Å². The van der Waals surface area contributed by atoms with Crippen molar-refractivity contribution in [2.75, 3.05) is 11.1 Å². The van der Waals surface area contributed by atoms with Crippen molar-refractivity contribution in [2.45, 2.75) is 32.9 Å². The number of nitrogens with zero attached hydrogens (tertiary/aromatic N) is 3. The molecule has 142 valence electrons. The van der Waals surface area contributed by atoms with Gasteiger partial charge in [-0.2, -0.15) is 0 Å². The van der Waals surface area contributed by atoms with Crippen molar-refractivity contribution in [3.05, 3.63) is 64.7 Å². The van der Waals surface area contributed by atoms with Gasteiger partial charge in [0, 0.05) is 5.69 Å². The zero-order valence-corrected chi connectivity index (χ0v) is 17.2. The van der Waals surface area contributed by atoms with Gasteiger partial charge in [-0.05, 0) is 73.5 Å². The highest BCUT2D eigenvalue weighted by molar-refractivity contribution is 7.99. The van der Waals surface area contributed by atoms with E-state index in [0.29, 0.717) is 0 Å². The maximum absolute atomic E-state index is 12.5. The second-order valence-corrected chi connectivity index (χ2v) is 8.06. The molecule has 0 fully saturated rings. The zero-order valence-electron chi connectivity index (χ0n) is 16.4. The van der Waals surface area contributed by atoms with Crippen LogP contribution >= 0.6 is 11.8 Å². The molecule has 0 aliphatic rings. The molecule has 0 saturated carbocycles.